The van der Waals surface area contributed by atoms with Gasteiger partial charge in [-0.1, -0.05) is 13.0 Å². The first-order chi connectivity index (χ1) is 14.1. The molecule has 4 rings (SSSR count). The van der Waals surface area contributed by atoms with Gasteiger partial charge in [0.25, 0.3) is 0 Å². The van der Waals surface area contributed by atoms with Crippen molar-refractivity contribution < 1.29 is 4.79 Å². The van der Waals surface area contributed by atoms with Crippen molar-refractivity contribution in [3.8, 4) is 0 Å². The monoisotopic (exact) mass is 394 g/mol. The van der Waals surface area contributed by atoms with Gasteiger partial charge in [0.2, 0.25) is 5.91 Å². The first-order valence-electron chi connectivity index (χ1n) is 10.7. The summed E-state index contributed by atoms with van der Waals surface area (Å²) in [5, 5.41) is 0. The van der Waals surface area contributed by atoms with Crippen LogP contribution in [0.3, 0.4) is 0 Å². The highest BCUT2D eigenvalue weighted by Crippen LogP contribution is 2.24. The van der Waals surface area contributed by atoms with Gasteiger partial charge in [-0.2, -0.15) is 0 Å². The minimum absolute atomic E-state index is 0.0605. The summed E-state index contributed by atoms with van der Waals surface area (Å²) in [6.45, 7) is 8.98. The number of rotatable bonds is 4. The van der Waals surface area contributed by atoms with E-state index >= 15 is 0 Å². The van der Waals surface area contributed by atoms with E-state index in [-0.39, 0.29) is 5.92 Å². The Labute approximate surface area is 172 Å². The Bertz CT molecular complexity index is 834. The van der Waals surface area contributed by atoms with Crippen molar-refractivity contribution >= 4 is 17.5 Å². The second-order valence-electron chi connectivity index (χ2n) is 7.92. The summed E-state index contributed by atoms with van der Waals surface area (Å²) in [7, 11) is 0. The lowest BCUT2D eigenvalue weighted by Gasteiger charge is -2.39. The summed E-state index contributed by atoms with van der Waals surface area (Å²) in [6.07, 6.45) is 4.65. The minimum Gasteiger partial charge on any atom is -0.356 e. The van der Waals surface area contributed by atoms with E-state index in [1.807, 2.05) is 42.3 Å². The molecule has 0 N–H and O–H groups in total. The maximum Gasteiger partial charge on any atom is 0.227 e. The Hall–Kier alpha value is -2.70. The SMILES string of the molecule is CCc1nc(C)cc(N2CCN(C(=O)C3CCCN(c4ccccn4)C3)CC2)n1. The van der Waals surface area contributed by atoms with Crippen LogP contribution >= 0.6 is 0 Å². The molecule has 1 atom stereocenters. The molecular weight excluding hydrogens is 364 g/mol. The van der Waals surface area contributed by atoms with Crippen LogP contribution in [-0.2, 0) is 11.2 Å². The van der Waals surface area contributed by atoms with Gasteiger partial charge < -0.3 is 14.7 Å². The first-order valence-corrected chi connectivity index (χ1v) is 10.7. The Balaban J connectivity index is 1.36. The molecule has 7 nitrogen and oxygen atoms in total. The smallest absolute Gasteiger partial charge is 0.227 e. The molecule has 2 aromatic rings. The van der Waals surface area contributed by atoms with Crippen LogP contribution in [0.15, 0.2) is 30.5 Å². The zero-order chi connectivity index (χ0) is 20.2. The van der Waals surface area contributed by atoms with Gasteiger partial charge >= 0.3 is 0 Å². The van der Waals surface area contributed by atoms with Gasteiger partial charge in [-0.15, -0.1) is 0 Å². The molecule has 0 aliphatic carbocycles. The molecule has 2 aliphatic rings. The average molecular weight is 395 g/mol. The molecule has 0 radical (unpaired) electrons. The molecule has 0 saturated carbocycles. The van der Waals surface area contributed by atoms with Gasteiger partial charge in [-0.3, -0.25) is 4.79 Å². The van der Waals surface area contributed by atoms with Gasteiger partial charge in [0.1, 0.15) is 17.5 Å². The van der Waals surface area contributed by atoms with Crippen LogP contribution in [0.2, 0.25) is 0 Å². The summed E-state index contributed by atoms with van der Waals surface area (Å²) in [6, 6.07) is 8.01. The summed E-state index contributed by atoms with van der Waals surface area (Å²) in [5.41, 5.74) is 1.00. The highest BCUT2D eigenvalue weighted by atomic mass is 16.2. The van der Waals surface area contributed by atoms with Gasteiger partial charge in [0.15, 0.2) is 0 Å². The Morgan fingerprint density at radius 2 is 1.90 bits per heavy atom. The number of nitrogens with zero attached hydrogens (tertiary/aromatic N) is 6. The summed E-state index contributed by atoms with van der Waals surface area (Å²) in [4.78, 5) is 33.3. The Kier molecular flexibility index (Phi) is 5.92. The standard InChI is InChI=1S/C22H30N6O/c1-3-19-24-17(2)15-21(25-19)26-11-13-27(14-12-26)22(29)18-7-6-10-28(16-18)20-8-4-5-9-23-20/h4-5,8-9,15,18H,3,6-7,10-14,16H2,1-2H3. The van der Waals surface area contributed by atoms with Crippen molar-refractivity contribution in [2.45, 2.75) is 33.1 Å². The fourth-order valence-corrected chi connectivity index (χ4v) is 4.27. The summed E-state index contributed by atoms with van der Waals surface area (Å²) in [5.74, 6) is 3.19. The van der Waals surface area contributed by atoms with E-state index in [0.717, 1.165) is 81.7 Å². The number of piperazine rings is 1. The predicted molar refractivity (Wildman–Crippen MR) is 114 cm³/mol. The maximum absolute atomic E-state index is 13.2. The maximum atomic E-state index is 13.2. The van der Waals surface area contributed by atoms with Crippen LogP contribution in [0.1, 0.15) is 31.3 Å². The molecule has 0 bridgehead atoms. The van der Waals surface area contributed by atoms with E-state index in [1.165, 1.54) is 0 Å². The topological polar surface area (TPSA) is 65.5 Å². The predicted octanol–water partition coefficient (Wildman–Crippen LogP) is 2.31. The van der Waals surface area contributed by atoms with E-state index in [9.17, 15) is 4.79 Å². The lowest BCUT2D eigenvalue weighted by Crippen LogP contribution is -2.53. The normalized spacial score (nSPS) is 20.1. The van der Waals surface area contributed by atoms with Crippen LogP contribution in [0.25, 0.3) is 0 Å². The molecule has 154 valence electrons. The number of aryl methyl sites for hydroxylation is 2. The van der Waals surface area contributed by atoms with E-state index in [1.54, 1.807) is 0 Å². The molecule has 0 aromatic carbocycles. The van der Waals surface area contributed by atoms with Crippen molar-refractivity contribution in [2.75, 3.05) is 49.1 Å². The molecule has 1 unspecified atom stereocenters. The van der Waals surface area contributed by atoms with Crippen molar-refractivity contribution in [1.82, 2.24) is 19.9 Å². The number of carbonyl (C=O) groups is 1. The third kappa shape index (κ3) is 4.49. The highest BCUT2D eigenvalue weighted by Gasteiger charge is 2.31. The van der Waals surface area contributed by atoms with Crippen LogP contribution in [0.5, 0.6) is 0 Å². The zero-order valence-electron chi connectivity index (χ0n) is 17.4. The van der Waals surface area contributed by atoms with Gasteiger partial charge in [0, 0.05) is 63.6 Å². The third-order valence-electron chi connectivity index (χ3n) is 5.86. The van der Waals surface area contributed by atoms with Crippen LogP contribution in [0, 0.1) is 12.8 Å². The number of aromatic nitrogens is 3. The van der Waals surface area contributed by atoms with Crippen LogP contribution in [-0.4, -0.2) is 65.0 Å². The quantitative estimate of drug-likeness (QED) is 0.793. The largest absolute Gasteiger partial charge is 0.356 e. The number of carbonyl (C=O) groups excluding carboxylic acids is 1. The molecule has 2 aliphatic heterocycles. The second-order valence-corrected chi connectivity index (χ2v) is 7.92. The molecular formula is C22H30N6O. The van der Waals surface area contributed by atoms with Crippen LogP contribution in [0.4, 0.5) is 11.6 Å². The molecule has 7 heteroatoms. The van der Waals surface area contributed by atoms with Gasteiger partial charge in [-0.05, 0) is 31.9 Å². The van der Waals surface area contributed by atoms with Crippen LogP contribution < -0.4 is 9.80 Å². The molecule has 29 heavy (non-hydrogen) atoms. The van der Waals surface area contributed by atoms with Crippen molar-refractivity contribution in [1.29, 1.82) is 0 Å². The van der Waals surface area contributed by atoms with E-state index in [4.69, 9.17) is 0 Å². The average Bonchev–Trinajstić information content (AvgIpc) is 2.79. The molecule has 1 amide bonds. The van der Waals surface area contributed by atoms with E-state index < -0.39 is 0 Å². The Morgan fingerprint density at radius 3 is 2.62 bits per heavy atom. The molecule has 2 aromatic heterocycles. The summed E-state index contributed by atoms with van der Waals surface area (Å²) >= 11 is 0. The lowest BCUT2D eigenvalue weighted by atomic mass is 9.96. The van der Waals surface area contributed by atoms with E-state index in [0.29, 0.717) is 5.91 Å². The number of pyridine rings is 1. The van der Waals surface area contributed by atoms with Gasteiger partial charge in [-0.25, -0.2) is 15.0 Å². The number of piperidine rings is 1. The fourth-order valence-electron chi connectivity index (χ4n) is 4.27. The zero-order valence-corrected chi connectivity index (χ0v) is 17.4. The highest BCUT2D eigenvalue weighted by molar-refractivity contribution is 5.80. The van der Waals surface area contributed by atoms with Gasteiger partial charge in [0.05, 0.1) is 5.92 Å². The number of hydrogen-bond acceptors (Lipinski definition) is 6. The molecule has 2 fully saturated rings. The Morgan fingerprint density at radius 1 is 1.07 bits per heavy atom. The lowest BCUT2D eigenvalue weighted by molar-refractivity contribution is -0.136. The number of amides is 1. The van der Waals surface area contributed by atoms with Crippen molar-refractivity contribution in [3.63, 3.8) is 0 Å². The second kappa shape index (κ2) is 8.76. The number of anilines is 2. The van der Waals surface area contributed by atoms with Crippen molar-refractivity contribution in [2.24, 2.45) is 5.92 Å². The fraction of sp³-hybridized carbons (Fsp3) is 0.545. The summed E-state index contributed by atoms with van der Waals surface area (Å²) < 4.78 is 0. The minimum atomic E-state index is 0.0605. The molecule has 0 spiro atoms. The number of hydrogen-bond donors (Lipinski definition) is 0. The molecule has 4 heterocycles. The van der Waals surface area contributed by atoms with E-state index in [2.05, 4.69) is 31.7 Å². The third-order valence-corrected chi connectivity index (χ3v) is 5.86. The molecule has 2 saturated heterocycles. The first kappa shape index (κ1) is 19.6. The van der Waals surface area contributed by atoms with Crippen molar-refractivity contribution in [3.05, 3.63) is 42.0 Å².